The van der Waals surface area contributed by atoms with Gasteiger partial charge in [0.2, 0.25) is 0 Å². The van der Waals surface area contributed by atoms with Gasteiger partial charge < -0.3 is 5.73 Å². The van der Waals surface area contributed by atoms with Gasteiger partial charge in [-0.1, -0.05) is 22.5 Å². The molecule has 1 unspecified atom stereocenters. The van der Waals surface area contributed by atoms with Crippen LogP contribution in [0, 0.1) is 5.92 Å². The van der Waals surface area contributed by atoms with E-state index in [1.807, 2.05) is 0 Å². The third-order valence-electron chi connectivity index (χ3n) is 2.39. The van der Waals surface area contributed by atoms with Crippen LogP contribution in [0.25, 0.3) is 0 Å². The van der Waals surface area contributed by atoms with Crippen LogP contribution >= 0.6 is 15.9 Å². The normalized spacial score (nSPS) is 19.7. The fraction of sp³-hybridized carbons (Fsp3) is 0.778. The Labute approximate surface area is 82.9 Å². The third kappa shape index (κ3) is 2.88. The molecule has 0 heterocycles. The lowest BCUT2D eigenvalue weighted by molar-refractivity contribution is 0.245. The summed E-state index contributed by atoms with van der Waals surface area (Å²) in [4.78, 5) is 2.29. The van der Waals surface area contributed by atoms with Crippen LogP contribution in [0.2, 0.25) is 0 Å². The van der Waals surface area contributed by atoms with E-state index in [0.717, 1.165) is 23.5 Å². The van der Waals surface area contributed by atoms with Crippen LogP contribution in [0.4, 0.5) is 0 Å². The topological polar surface area (TPSA) is 29.3 Å². The minimum absolute atomic E-state index is 0.555. The van der Waals surface area contributed by atoms with E-state index in [-0.39, 0.29) is 0 Å². The van der Waals surface area contributed by atoms with Crippen molar-refractivity contribution in [2.75, 3.05) is 20.1 Å². The summed E-state index contributed by atoms with van der Waals surface area (Å²) in [6, 6.07) is 0.555. The minimum atomic E-state index is 0.555. The van der Waals surface area contributed by atoms with E-state index in [9.17, 15) is 0 Å². The predicted octanol–water partition coefficient (Wildman–Crippen LogP) is 1.56. The maximum atomic E-state index is 5.70. The average molecular weight is 233 g/mol. The van der Waals surface area contributed by atoms with Gasteiger partial charge in [0.05, 0.1) is 0 Å². The van der Waals surface area contributed by atoms with E-state index in [1.165, 1.54) is 12.8 Å². The van der Waals surface area contributed by atoms with Crippen molar-refractivity contribution < 1.29 is 0 Å². The summed E-state index contributed by atoms with van der Waals surface area (Å²) in [6.07, 6.45) is 2.70. The molecular weight excluding hydrogens is 216 g/mol. The number of nitrogens with zero attached hydrogens (tertiary/aromatic N) is 1. The Morgan fingerprint density at radius 2 is 2.33 bits per heavy atom. The summed E-state index contributed by atoms with van der Waals surface area (Å²) in [5.41, 5.74) is 5.70. The van der Waals surface area contributed by atoms with E-state index in [0.29, 0.717) is 6.04 Å². The second-order valence-electron chi connectivity index (χ2n) is 3.57. The van der Waals surface area contributed by atoms with E-state index in [4.69, 9.17) is 5.73 Å². The van der Waals surface area contributed by atoms with Crippen LogP contribution in [-0.4, -0.2) is 31.1 Å². The highest BCUT2D eigenvalue weighted by molar-refractivity contribution is 9.11. The smallest absolute Gasteiger partial charge is 0.0294 e. The minimum Gasteiger partial charge on any atom is -0.329 e. The van der Waals surface area contributed by atoms with E-state index >= 15 is 0 Å². The molecule has 0 spiro atoms. The SMILES string of the molecule is C=C(Br)CN(C)C(CN)C1CC1. The molecular formula is C9H17BrN2. The van der Waals surface area contributed by atoms with E-state index < -0.39 is 0 Å². The second-order valence-corrected chi connectivity index (χ2v) is 4.69. The maximum Gasteiger partial charge on any atom is 0.0294 e. The standard InChI is InChI=1S/C9H17BrN2/c1-7(10)6-12(2)9(5-11)8-3-4-8/h8-9H,1,3-6,11H2,2H3. The summed E-state index contributed by atoms with van der Waals surface area (Å²) in [6.45, 7) is 5.49. The van der Waals surface area contributed by atoms with Gasteiger partial charge in [0, 0.05) is 23.6 Å². The van der Waals surface area contributed by atoms with Crippen LogP contribution in [0.5, 0.6) is 0 Å². The van der Waals surface area contributed by atoms with Gasteiger partial charge in [0.1, 0.15) is 0 Å². The molecule has 70 valence electrons. The summed E-state index contributed by atoms with van der Waals surface area (Å²) in [5.74, 6) is 0.840. The highest BCUT2D eigenvalue weighted by atomic mass is 79.9. The fourth-order valence-electron chi connectivity index (χ4n) is 1.60. The zero-order valence-corrected chi connectivity index (χ0v) is 9.18. The molecule has 3 heteroatoms. The van der Waals surface area contributed by atoms with Gasteiger partial charge in [0.15, 0.2) is 0 Å². The summed E-state index contributed by atoms with van der Waals surface area (Å²) in [5, 5.41) is 0. The van der Waals surface area contributed by atoms with Crippen LogP contribution in [0.15, 0.2) is 11.1 Å². The van der Waals surface area contributed by atoms with E-state index in [1.54, 1.807) is 0 Å². The first kappa shape index (κ1) is 10.2. The lowest BCUT2D eigenvalue weighted by Crippen LogP contribution is -2.40. The first-order valence-corrected chi connectivity index (χ1v) is 5.18. The molecule has 1 aliphatic rings. The molecule has 1 saturated carbocycles. The largest absolute Gasteiger partial charge is 0.329 e. The van der Waals surface area contributed by atoms with Gasteiger partial charge in [-0.15, -0.1) is 0 Å². The van der Waals surface area contributed by atoms with Crippen molar-refractivity contribution in [3.8, 4) is 0 Å². The lowest BCUT2D eigenvalue weighted by Gasteiger charge is -2.26. The van der Waals surface area contributed by atoms with Crippen molar-refractivity contribution in [2.24, 2.45) is 11.7 Å². The first-order valence-electron chi connectivity index (χ1n) is 4.38. The zero-order valence-electron chi connectivity index (χ0n) is 7.59. The number of rotatable bonds is 5. The summed E-state index contributed by atoms with van der Waals surface area (Å²) >= 11 is 3.37. The number of hydrogen-bond donors (Lipinski definition) is 1. The number of halogens is 1. The fourth-order valence-corrected chi connectivity index (χ4v) is 2.00. The maximum absolute atomic E-state index is 5.70. The monoisotopic (exact) mass is 232 g/mol. The van der Waals surface area contributed by atoms with E-state index in [2.05, 4.69) is 34.5 Å². The predicted molar refractivity (Wildman–Crippen MR) is 56.3 cm³/mol. The molecule has 1 atom stereocenters. The van der Waals surface area contributed by atoms with Gasteiger partial charge >= 0.3 is 0 Å². The first-order chi connectivity index (χ1) is 5.65. The Bertz CT molecular complexity index is 166. The average Bonchev–Trinajstić information content (AvgIpc) is 2.70. The molecule has 1 fully saturated rings. The summed E-state index contributed by atoms with van der Waals surface area (Å²) in [7, 11) is 2.11. The molecule has 2 nitrogen and oxygen atoms in total. The van der Waals surface area contributed by atoms with Gasteiger partial charge in [-0.2, -0.15) is 0 Å². The molecule has 0 aliphatic heterocycles. The molecule has 0 saturated heterocycles. The van der Waals surface area contributed by atoms with Crippen molar-refractivity contribution >= 4 is 15.9 Å². The highest BCUT2D eigenvalue weighted by Crippen LogP contribution is 2.34. The molecule has 0 bridgehead atoms. The van der Waals surface area contributed by atoms with Crippen molar-refractivity contribution in [1.29, 1.82) is 0 Å². The molecule has 1 aliphatic carbocycles. The quantitative estimate of drug-likeness (QED) is 0.780. The van der Waals surface area contributed by atoms with Crippen molar-refractivity contribution in [3.63, 3.8) is 0 Å². The Morgan fingerprint density at radius 3 is 2.67 bits per heavy atom. The van der Waals surface area contributed by atoms with Gasteiger partial charge in [-0.05, 0) is 25.8 Å². The van der Waals surface area contributed by atoms with Gasteiger partial charge in [-0.25, -0.2) is 0 Å². The lowest BCUT2D eigenvalue weighted by atomic mass is 10.1. The number of hydrogen-bond acceptors (Lipinski definition) is 2. The van der Waals surface area contributed by atoms with Crippen LogP contribution in [-0.2, 0) is 0 Å². The van der Waals surface area contributed by atoms with Crippen LogP contribution < -0.4 is 5.73 Å². The van der Waals surface area contributed by atoms with Crippen LogP contribution in [0.1, 0.15) is 12.8 Å². The summed E-state index contributed by atoms with van der Waals surface area (Å²) < 4.78 is 1.03. The van der Waals surface area contributed by atoms with Gasteiger partial charge in [0.25, 0.3) is 0 Å². The molecule has 0 radical (unpaired) electrons. The Hall–Kier alpha value is 0.140. The molecule has 1 rings (SSSR count). The molecule has 0 amide bonds. The molecule has 0 aromatic rings. The number of nitrogens with two attached hydrogens (primary N) is 1. The third-order valence-corrected chi connectivity index (χ3v) is 2.65. The van der Waals surface area contributed by atoms with Crippen LogP contribution in [0.3, 0.4) is 0 Å². The highest BCUT2D eigenvalue weighted by Gasteiger charge is 2.32. The van der Waals surface area contributed by atoms with Crippen molar-refractivity contribution in [3.05, 3.63) is 11.1 Å². The molecule has 0 aromatic carbocycles. The molecule has 0 aromatic heterocycles. The second kappa shape index (κ2) is 4.40. The Balaban J connectivity index is 2.35. The molecule has 12 heavy (non-hydrogen) atoms. The zero-order chi connectivity index (χ0) is 9.14. The van der Waals surface area contributed by atoms with Gasteiger partial charge in [-0.3, -0.25) is 4.90 Å². The van der Waals surface area contributed by atoms with Crippen molar-refractivity contribution in [1.82, 2.24) is 4.90 Å². The Morgan fingerprint density at radius 1 is 1.75 bits per heavy atom. The Kier molecular flexibility index (Phi) is 3.75. The number of likely N-dealkylation sites (N-methyl/N-ethyl adjacent to an activating group) is 1. The molecule has 2 N–H and O–H groups in total. The van der Waals surface area contributed by atoms with Crippen molar-refractivity contribution in [2.45, 2.75) is 18.9 Å².